The maximum absolute atomic E-state index is 13.1. The number of halogens is 3. The second kappa shape index (κ2) is 12.6. The van der Waals surface area contributed by atoms with E-state index in [1.54, 1.807) is 24.3 Å². The van der Waals surface area contributed by atoms with Crippen LogP contribution in [0.1, 0.15) is 18.1 Å². The Morgan fingerprint density at radius 2 is 1.97 bits per heavy atom. The molecule has 3 aromatic carbocycles. The van der Waals surface area contributed by atoms with Gasteiger partial charge in [0, 0.05) is 10.7 Å². The van der Waals surface area contributed by atoms with Crippen LogP contribution < -0.4 is 20.1 Å². The molecule has 0 unspecified atom stereocenters. The van der Waals surface area contributed by atoms with Crippen molar-refractivity contribution in [3.63, 3.8) is 0 Å². The molecule has 2 amide bonds. The zero-order chi connectivity index (χ0) is 27.2. The van der Waals surface area contributed by atoms with Crippen LogP contribution in [0.3, 0.4) is 0 Å². The largest absolute Gasteiger partial charge is 0.490 e. The molecule has 0 aliphatic carbocycles. The summed E-state index contributed by atoms with van der Waals surface area (Å²) in [5.41, 5.74) is 2.69. The summed E-state index contributed by atoms with van der Waals surface area (Å²) in [7, 11) is 0. The van der Waals surface area contributed by atoms with Crippen molar-refractivity contribution in [2.75, 3.05) is 18.5 Å². The van der Waals surface area contributed by atoms with Gasteiger partial charge in [0.25, 0.3) is 11.8 Å². The van der Waals surface area contributed by atoms with Gasteiger partial charge in [-0.2, -0.15) is 0 Å². The van der Waals surface area contributed by atoms with Crippen LogP contribution in [0.4, 0.5) is 15.8 Å². The third kappa shape index (κ3) is 7.06. The lowest BCUT2D eigenvalue weighted by Crippen LogP contribution is -2.20. The van der Waals surface area contributed by atoms with Gasteiger partial charge in [0.05, 0.1) is 20.8 Å². The van der Waals surface area contributed by atoms with E-state index in [1.807, 2.05) is 26.0 Å². The summed E-state index contributed by atoms with van der Waals surface area (Å²) in [4.78, 5) is 29.9. The van der Waals surface area contributed by atoms with Gasteiger partial charge in [-0.15, -0.1) is 0 Å². The van der Waals surface area contributed by atoms with Crippen molar-refractivity contribution in [1.29, 1.82) is 0 Å². The SMILES string of the molecule is CCOc1cc(/C=C2/SC(=Nc3cccc(Cl)c3C)NC2=O)cc(I)c1OCC(=O)Nc1ccc(F)cc1. The molecule has 1 heterocycles. The van der Waals surface area contributed by atoms with E-state index in [4.69, 9.17) is 21.1 Å². The minimum atomic E-state index is -0.401. The second-order valence-electron chi connectivity index (χ2n) is 7.97. The molecule has 0 atom stereocenters. The number of carbonyl (C=O) groups is 2. The number of anilines is 1. The monoisotopic (exact) mass is 665 g/mol. The van der Waals surface area contributed by atoms with Crippen molar-refractivity contribution < 1.29 is 23.5 Å². The Morgan fingerprint density at radius 1 is 1.21 bits per heavy atom. The molecule has 38 heavy (non-hydrogen) atoms. The van der Waals surface area contributed by atoms with E-state index in [1.165, 1.54) is 36.0 Å². The van der Waals surface area contributed by atoms with Gasteiger partial charge in [-0.3, -0.25) is 9.59 Å². The number of rotatable bonds is 8. The third-order valence-electron chi connectivity index (χ3n) is 5.22. The highest BCUT2D eigenvalue weighted by atomic mass is 127. The molecule has 1 aliphatic rings. The van der Waals surface area contributed by atoms with E-state index < -0.39 is 11.7 Å². The smallest absolute Gasteiger partial charge is 0.264 e. The number of amidine groups is 1. The molecular weight excluding hydrogens is 644 g/mol. The number of aliphatic imine (C=N–C) groups is 1. The van der Waals surface area contributed by atoms with Crippen molar-refractivity contribution in [3.05, 3.63) is 85.0 Å². The number of nitrogens with one attached hydrogen (secondary N) is 2. The quantitative estimate of drug-likeness (QED) is 0.207. The van der Waals surface area contributed by atoms with Crippen molar-refractivity contribution >= 4 is 80.4 Å². The molecule has 0 radical (unpaired) electrons. The van der Waals surface area contributed by atoms with Crippen molar-refractivity contribution in [2.24, 2.45) is 4.99 Å². The fourth-order valence-corrected chi connectivity index (χ4v) is 5.19. The number of carbonyl (C=O) groups excluding carboxylic acids is 2. The van der Waals surface area contributed by atoms with Crippen LogP contribution in [-0.4, -0.2) is 30.2 Å². The van der Waals surface area contributed by atoms with Gasteiger partial charge in [-0.1, -0.05) is 17.7 Å². The van der Waals surface area contributed by atoms with E-state index in [0.29, 0.717) is 48.1 Å². The highest BCUT2D eigenvalue weighted by Gasteiger charge is 2.25. The standard InChI is InChI=1S/C27H22ClFIN3O4S/c1-3-36-22-12-16(11-20(30)25(22)37-14-24(34)31-18-9-7-17(29)8-10-18)13-23-26(35)33-27(38-23)32-21-6-4-5-19(28)15(21)2/h4-13H,3,14H2,1-2H3,(H,31,34)(H,32,33,35)/b23-13+. The number of ether oxygens (including phenoxy) is 2. The van der Waals surface area contributed by atoms with E-state index in [2.05, 4.69) is 38.2 Å². The first-order chi connectivity index (χ1) is 18.2. The van der Waals surface area contributed by atoms with Crippen LogP contribution >= 0.6 is 46.0 Å². The minimum Gasteiger partial charge on any atom is -0.490 e. The molecule has 3 aromatic rings. The zero-order valence-electron chi connectivity index (χ0n) is 20.3. The van der Waals surface area contributed by atoms with Gasteiger partial charge in [0.1, 0.15) is 5.82 Å². The topological polar surface area (TPSA) is 89.0 Å². The Labute approximate surface area is 242 Å². The number of amides is 2. The minimum absolute atomic E-state index is 0.265. The molecule has 1 saturated heterocycles. The molecule has 1 fully saturated rings. The summed E-state index contributed by atoms with van der Waals surface area (Å²) in [6, 6.07) is 14.4. The molecule has 11 heteroatoms. The number of hydrogen-bond donors (Lipinski definition) is 2. The maximum Gasteiger partial charge on any atom is 0.264 e. The summed E-state index contributed by atoms with van der Waals surface area (Å²) in [6.45, 7) is 3.81. The predicted molar refractivity (Wildman–Crippen MR) is 158 cm³/mol. The van der Waals surface area contributed by atoms with Crippen molar-refractivity contribution in [1.82, 2.24) is 5.32 Å². The summed E-state index contributed by atoms with van der Waals surface area (Å²) in [5, 5.41) is 6.49. The summed E-state index contributed by atoms with van der Waals surface area (Å²) in [6.07, 6.45) is 1.74. The number of benzene rings is 3. The number of hydrogen-bond acceptors (Lipinski definition) is 6. The Morgan fingerprint density at radius 3 is 2.71 bits per heavy atom. The highest BCUT2D eigenvalue weighted by molar-refractivity contribution is 14.1. The molecule has 196 valence electrons. The fraction of sp³-hybridized carbons (Fsp3) is 0.148. The Hall–Kier alpha value is -3.09. The highest BCUT2D eigenvalue weighted by Crippen LogP contribution is 2.37. The van der Waals surface area contributed by atoms with Gasteiger partial charge in [0.15, 0.2) is 23.3 Å². The third-order valence-corrected chi connectivity index (χ3v) is 7.34. The van der Waals surface area contributed by atoms with Crippen molar-refractivity contribution in [2.45, 2.75) is 13.8 Å². The van der Waals surface area contributed by atoms with Crippen LogP contribution in [-0.2, 0) is 9.59 Å². The molecular formula is C27H22ClFIN3O4S. The Bertz CT molecular complexity index is 1450. The molecule has 0 saturated carbocycles. The molecule has 4 rings (SSSR count). The molecule has 0 aromatic heterocycles. The average molecular weight is 666 g/mol. The predicted octanol–water partition coefficient (Wildman–Crippen LogP) is 6.70. The first kappa shape index (κ1) is 27.9. The summed E-state index contributed by atoms with van der Waals surface area (Å²) in [5.74, 6) is -0.210. The van der Waals surface area contributed by atoms with Crippen LogP contribution in [0.2, 0.25) is 5.02 Å². The summed E-state index contributed by atoms with van der Waals surface area (Å²) >= 11 is 9.50. The Kier molecular flexibility index (Phi) is 9.29. The lowest BCUT2D eigenvalue weighted by atomic mass is 10.2. The van der Waals surface area contributed by atoms with Crippen LogP contribution in [0.5, 0.6) is 11.5 Å². The first-order valence-corrected chi connectivity index (χ1v) is 13.7. The van der Waals surface area contributed by atoms with Crippen molar-refractivity contribution in [3.8, 4) is 11.5 Å². The van der Waals surface area contributed by atoms with E-state index in [9.17, 15) is 14.0 Å². The number of nitrogens with zero attached hydrogens (tertiary/aromatic N) is 1. The molecule has 0 bridgehead atoms. The van der Waals surface area contributed by atoms with Gasteiger partial charge < -0.3 is 20.1 Å². The van der Waals surface area contributed by atoms with Gasteiger partial charge >= 0.3 is 0 Å². The fourth-order valence-electron chi connectivity index (χ4n) is 3.40. The molecule has 7 nitrogen and oxygen atoms in total. The van der Waals surface area contributed by atoms with E-state index in [-0.39, 0.29) is 12.5 Å². The first-order valence-electron chi connectivity index (χ1n) is 11.4. The van der Waals surface area contributed by atoms with Crippen LogP contribution in [0.15, 0.2) is 64.5 Å². The normalized spacial score (nSPS) is 15.0. The lowest BCUT2D eigenvalue weighted by molar-refractivity contribution is -0.118. The second-order valence-corrected chi connectivity index (χ2v) is 10.6. The number of thioether (sulfide) groups is 1. The lowest BCUT2D eigenvalue weighted by Gasteiger charge is -2.15. The summed E-state index contributed by atoms with van der Waals surface area (Å²) < 4.78 is 25.3. The van der Waals surface area contributed by atoms with E-state index in [0.717, 1.165) is 11.1 Å². The average Bonchev–Trinajstić information content (AvgIpc) is 3.21. The van der Waals surface area contributed by atoms with Crippen LogP contribution in [0.25, 0.3) is 6.08 Å². The molecule has 1 aliphatic heterocycles. The van der Waals surface area contributed by atoms with Gasteiger partial charge in [-0.25, -0.2) is 9.38 Å². The van der Waals surface area contributed by atoms with E-state index >= 15 is 0 Å². The molecule has 2 N–H and O–H groups in total. The zero-order valence-corrected chi connectivity index (χ0v) is 24.0. The van der Waals surface area contributed by atoms with Gasteiger partial charge in [-0.05, 0) is 114 Å². The maximum atomic E-state index is 13.1. The van der Waals surface area contributed by atoms with Crippen LogP contribution in [0, 0.1) is 16.3 Å². The Balaban J connectivity index is 1.50. The molecule has 0 spiro atoms. The van der Waals surface area contributed by atoms with Gasteiger partial charge in [0.2, 0.25) is 0 Å².